The van der Waals surface area contributed by atoms with Crippen LogP contribution in [-0.2, 0) is 22.3 Å². The molecule has 3 N–H and O–H groups in total. The van der Waals surface area contributed by atoms with Crippen molar-refractivity contribution in [3.8, 4) is 0 Å². The van der Waals surface area contributed by atoms with Crippen molar-refractivity contribution in [2.75, 3.05) is 13.6 Å². The maximum Gasteiger partial charge on any atom is 0.216 e. The van der Waals surface area contributed by atoms with Gasteiger partial charge in [0, 0.05) is 26.2 Å². The van der Waals surface area contributed by atoms with Gasteiger partial charge in [-0.1, -0.05) is 37.6 Å². The van der Waals surface area contributed by atoms with E-state index in [2.05, 4.69) is 27.3 Å². The predicted octanol–water partition coefficient (Wildman–Crippen LogP) is 3.38. The van der Waals surface area contributed by atoms with Crippen LogP contribution in [0.3, 0.4) is 0 Å². The van der Waals surface area contributed by atoms with Crippen molar-refractivity contribution in [2.45, 2.75) is 64.8 Å². The van der Waals surface area contributed by atoms with Gasteiger partial charge in [-0.15, -0.1) is 24.0 Å². The van der Waals surface area contributed by atoms with Crippen molar-refractivity contribution in [1.82, 2.24) is 15.4 Å². The first-order chi connectivity index (χ1) is 12.8. The second-order valence-corrected chi connectivity index (χ2v) is 9.59. The van der Waals surface area contributed by atoms with E-state index >= 15 is 0 Å². The van der Waals surface area contributed by atoms with Gasteiger partial charge < -0.3 is 10.6 Å². The minimum Gasteiger partial charge on any atom is -0.356 e. The molecule has 0 atom stereocenters. The molecule has 0 aromatic heterocycles. The third-order valence-electron chi connectivity index (χ3n) is 5.27. The molecular formula is C20H35IN4O2S. The summed E-state index contributed by atoms with van der Waals surface area (Å²) in [6, 6.07) is 7.56. The van der Waals surface area contributed by atoms with Gasteiger partial charge in [-0.25, -0.2) is 13.1 Å². The third-order valence-corrected chi connectivity index (χ3v) is 6.82. The van der Waals surface area contributed by atoms with Crippen LogP contribution in [0.4, 0.5) is 0 Å². The fraction of sp³-hybridized carbons (Fsp3) is 0.650. The Labute approximate surface area is 187 Å². The summed E-state index contributed by atoms with van der Waals surface area (Å²) >= 11 is 0. The van der Waals surface area contributed by atoms with Crippen LogP contribution in [0.2, 0.25) is 0 Å². The Morgan fingerprint density at radius 3 is 2.21 bits per heavy atom. The van der Waals surface area contributed by atoms with E-state index in [1.807, 2.05) is 38.1 Å². The number of aliphatic imine (C=N–C) groups is 1. The zero-order valence-corrected chi connectivity index (χ0v) is 20.6. The van der Waals surface area contributed by atoms with E-state index in [4.69, 9.17) is 0 Å². The number of guanidine groups is 1. The Morgan fingerprint density at radius 1 is 1.14 bits per heavy atom. The maximum absolute atomic E-state index is 12.0. The van der Waals surface area contributed by atoms with Crippen LogP contribution in [0.1, 0.15) is 57.6 Å². The van der Waals surface area contributed by atoms with Crippen molar-refractivity contribution in [2.24, 2.45) is 10.4 Å². The molecule has 0 radical (unpaired) electrons. The molecule has 0 aliphatic heterocycles. The fourth-order valence-electron chi connectivity index (χ4n) is 3.38. The van der Waals surface area contributed by atoms with Crippen molar-refractivity contribution in [3.05, 3.63) is 35.4 Å². The first-order valence-corrected chi connectivity index (χ1v) is 11.4. The van der Waals surface area contributed by atoms with Gasteiger partial charge in [0.05, 0.1) is 5.75 Å². The van der Waals surface area contributed by atoms with Crippen molar-refractivity contribution >= 4 is 40.0 Å². The highest BCUT2D eigenvalue weighted by Gasteiger charge is 2.34. The van der Waals surface area contributed by atoms with Crippen molar-refractivity contribution < 1.29 is 8.42 Å². The Balaban J connectivity index is 0.00000392. The summed E-state index contributed by atoms with van der Waals surface area (Å²) in [4.78, 5) is 4.30. The number of hydrogen-bond acceptors (Lipinski definition) is 3. The van der Waals surface area contributed by atoms with Gasteiger partial charge in [0.2, 0.25) is 10.0 Å². The first-order valence-electron chi connectivity index (χ1n) is 9.80. The maximum atomic E-state index is 12.0. The molecule has 0 bridgehead atoms. The zero-order chi connectivity index (χ0) is 19.9. The van der Waals surface area contributed by atoms with Crippen molar-refractivity contribution in [1.29, 1.82) is 0 Å². The molecule has 1 aliphatic carbocycles. The lowest BCUT2D eigenvalue weighted by atomic mass is 9.67. The molecule has 1 aromatic rings. The number of sulfonamides is 1. The van der Waals surface area contributed by atoms with E-state index < -0.39 is 10.0 Å². The number of benzene rings is 1. The van der Waals surface area contributed by atoms with Crippen LogP contribution in [0, 0.1) is 5.41 Å². The zero-order valence-electron chi connectivity index (χ0n) is 17.4. The van der Waals surface area contributed by atoms with Gasteiger partial charge in [-0.2, -0.15) is 0 Å². The highest BCUT2D eigenvalue weighted by Crippen LogP contribution is 2.42. The largest absolute Gasteiger partial charge is 0.356 e. The molecule has 1 fully saturated rings. The molecule has 28 heavy (non-hydrogen) atoms. The molecule has 6 nitrogen and oxygen atoms in total. The summed E-state index contributed by atoms with van der Waals surface area (Å²) in [5, 5.41) is 6.78. The second kappa shape index (κ2) is 11.3. The summed E-state index contributed by atoms with van der Waals surface area (Å²) in [6.45, 7) is 7.51. The third kappa shape index (κ3) is 7.87. The highest BCUT2D eigenvalue weighted by molar-refractivity contribution is 14.0. The number of nitrogens with one attached hydrogen (secondary N) is 3. The van der Waals surface area contributed by atoms with E-state index in [1.165, 1.54) is 25.7 Å². The Bertz CT molecular complexity index is 724. The van der Waals surface area contributed by atoms with Crippen LogP contribution < -0.4 is 15.4 Å². The SMILES string of the molecule is CCC1(CNC(=NC)NCc2ccc(CS(=O)(=O)NC(C)C)cc2)CCC1.I. The average Bonchev–Trinajstić information content (AvgIpc) is 2.56. The summed E-state index contributed by atoms with van der Waals surface area (Å²) in [6.07, 6.45) is 5.12. The second-order valence-electron chi connectivity index (χ2n) is 7.83. The number of rotatable bonds is 9. The monoisotopic (exact) mass is 522 g/mol. The molecule has 0 heterocycles. The van der Waals surface area contributed by atoms with Gasteiger partial charge in [0.15, 0.2) is 5.96 Å². The molecule has 8 heteroatoms. The van der Waals surface area contributed by atoms with Gasteiger partial charge in [-0.05, 0) is 49.7 Å². The molecule has 0 amide bonds. The van der Waals surface area contributed by atoms with E-state index in [1.54, 1.807) is 7.05 Å². The number of halogens is 1. The van der Waals surface area contributed by atoms with E-state index in [0.29, 0.717) is 12.0 Å². The molecule has 1 aliphatic rings. The Kier molecular flexibility index (Phi) is 10.2. The molecule has 160 valence electrons. The van der Waals surface area contributed by atoms with Crippen LogP contribution in [0.15, 0.2) is 29.3 Å². The average molecular weight is 522 g/mol. The number of hydrogen-bond donors (Lipinski definition) is 3. The van der Waals surface area contributed by atoms with E-state index in [9.17, 15) is 8.42 Å². The lowest BCUT2D eigenvalue weighted by molar-refractivity contribution is 0.131. The van der Waals surface area contributed by atoms with Crippen LogP contribution in [0.5, 0.6) is 0 Å². The highest BCUT2D eigenvalue weighted by atomic mass is 127. The molecule has 0 saturated heterocycles. The Hall–Kier alpha value is -0.870. The van der Waals surface area contributed by atoms with E-state index in [-0.39, 0.29) is 35.8 Å². The smallest absolute Gasteiger partial charge is 0.216 e. The molecule has 0 unspecified atom stereocenters. The van der Waals surface area contributed by atoms with Crippen LogP contribution in [0.25, 0.3) is 0 Å². The summed E-state index contributed by atoms with van der Waals surface area (Å²) in [5.41, 5.74) is 2.31. The quantitative estimate of drug-likeness (QED) is 0.264. The summed E-state index contributed by atoms with van der Waals surface area (Å²) in [7, 11) is -1.51. The lowest BCUT2D eigenvalue weighted by Crippen LogP contribution is -2.46. The van der Waals surface area contributed by atoms with Gasteiger partial charge in [0.25, 0.3) is 0 Å². The fourth-order valence-corrected chi connectivity index (χ4v) is 4.82. The van der Waals surface area contributed by atoms with Crippen LogP contribution in [-0.4, -0.2) is 34.0 Å². The predicted molar refractivity (Wildman–Crippen MR) is 128 cm³/mol. The molecular weight excluding hydrogens is 487 g/mol. The standard InChI is InChI=1S/C20H34N4O2S.HI/c1-5-20(11-6-12-20)15-23-19(21-4)22-13-17-7-9-18(10-8-17)14-27(25,26)24-16(2)3;/h7-10,16,24H,5-6,11-15H2,1-4H3,(H2,21,22,23);1H. The lowest BCUT2D eigenvalue weighted by Gasteiger charge is -2.41. The number of nitrogens with zero attached hydrogens (tertiary/aromatic N) is 1. The Morgan fingerprint density at radius 2 is 1.75 bits per heavy atom. The minimum absolute atomic E-state index is 0. The van der Waals surface area contributed by atoms with Gasteiger partial charge in [-0.3, -0.25) is 4.99 Å². The molecule has 1 saturated carbocycles. The first kappa shape index (κ1) is 25.2. The van der Waals surface area contributed by atoms with Gasteiger partial charge >= 0.3 is 0 Å². The minimum atomic E-state index is -3.29. The normalized spacial score (nSPS) is 16.2. The molecule has 2 rings (SSSR count). The summed E-state index contributed by atoms with van der Waals surface area (Å²) < 4.78 is 26.6. The topological polar surface area (TPSA) is 82.6 Å². The molecule has 1 aromatic carbocycles. The van der Waals surface area contributed by atoms with Crippen molar-refractivity contribution in [3.63, 3.8) is 0 Å². The summed E-state index contributed by atoms with van der Waals surface area (Å²) in [5.74, 6) is 0.809. The van der Waals surface area contributed by atoms with Gasteiger partial charge in [0.1, 0.15) is 0 Å². The van der Waals surface area contributed by atoms with Crippen LogP contribution >= 0.6 is 24.0 Å². The molecule has 0 spiro atoms. The van der Waals surface area contributed by atoms with E-state index in [0.717, 1.165) is 23.6 Å².